The highest BCUT2D eigenvalue weighted by Gasteiger charge is 2.27. The van der Waals surface area contributed by atoms with Gasteiger partial charge in [0, 0.05) is 12.6 Å². The first-order valence-corrected chi connectivity index (χ1v) is 4.46. The maximum atomic E-state index is 11.6. The van der Waals surface area contributed by atoms with Crippen molar-refractivity contribution in [3.63, 3.8) is 0 Å². The number of rotatable bonds is 4. The van der Waals surface area contributed by atoms with E-state index in [0.717, 1.165) is 19.4 Å². The van der Waals surface area contributed by atoms with Gasteiger partial charge in [-0.1, -0.05) is 0 Å². The van der Waals surface area contributed by atoms with Gasteiger partial charge in [-0.15, -0.1) is 0 Å². The van der Waals surface area contributed by atoms with E-state index in [2.05, 4.69) is 10.1 Å². The SMILES string of the molecule is FC(F)(F)COCCC1CCCN1. The van der Waals surface area contributed by atoms with E-state index >= 15 is 0 Å². The second-order valence-corrected chi connectivity index (χ2v) is 3.25. The number of halogens is 3. The van der Waals surface area contributed by atoms with Crippen molar-refractivity contribution in [2.45, 2.75) is 31.5 Å². The van der Waals surface area contributed by atoms with E-state index in [1.165, 1.54) is 0 Å². The third-order valence-corrected chi connectivity index (χ3v) is 2.04. The molecule has 0 amide bonds. The maximum absolute atomic E-state index is 11.6. The van der Waals surface area contributed by atoms with E-state index in [1.54, 1.807) is 0 Å². The van der Waals surface area contributed by atoms with Gasteiger partial charge in [-0.2, -0.15) is 13.2 Å². The van der Waals surface area contributed by atoms with Gasteiger partial charge < -0.3 is 10.1 Å². The minimum Gasteiger partial charge on any atom is -0.372 e. The lowest BCUT2D eigenvalue weighted by Crippen LogP contribution is -2.24. The van der Waals surface area contributed by atoms with Crippen LogP contribution in [0.5, 0.6) is 0 Å². The van der Waals surface area contributed by atoms with Crippen LogP contribution in [0.2, 0.25) is 0 Å². The third-order valence-electron chi connectivity index (χ3n) is 2.04. The first-order valence-electron chi connectivity index (χ1n) is 4.46. The van der Waals surface area contributed by atoms with Gasteiger partial charge in [0.05, 0.1) is 0 Å². The molecule has 1 atom stereocenters. The molecule has 0 radical (unpaired) electrons. The molecule has 5 heteroatoms. The predicted molar refractivity (Wildman–Crippen MR) is 42.5 cm³/mol. The van der Waals surface area contributed by atoms with Crippen molar-refractivity contribution < 1.29 is 17.9 Å². The molecule has 1 fully saturated rings. The molecule has 1 aliphatic heterocycles. The number of ether oxygens (including phenoxy) is 1. The minimum atomic E-state index is -4.19. The molecule has 13 heavy (non-hydrogen) atoms. The van der Waals surface area contributed by atoms with Crippen molar-refractivity contribution >= 4 is 0 Å². The Kier molecular flexibility index (Phi) is 3.99. The van der Waals surface area contributed by atoms with Crippen LogP contribution in [0, 0.1) is 0 Å². The van der Waals surface area contributed by atoms with E-state index in [1.807, 2.05) is 0 Å². The summed E-state index contributed by atoms with van der Waals surface area (Å²) in [6.07, 6.45) is -1.35. The van der Waals surface area contributed by atoms with E-state index in [-0.39, 0.29) is 6.61 Å². The van der Waals surface area contributed by atoms with Crippen molar-refractivity contribution in [1.82, 2.24) is 5.32 Å². The van der Waals surface area contributed by atoms with Gasteiger partial charge in [-0.25, -0.2) is 0 Å². The number of hydrogen-bond donors (Lipinski definition) is 1. The van der Waals surface area contributed by atoms with E-state index in [9.17, 15) is 13.2 Å². The molecule has 0 aliphatic carbocycles. The topological polar surface area (TPSA) is 21.3 Å². The lowest BCUT2D eigenvalue weighted by atomic mass is 10.2. The van der Waals surface area contributed by atoms with Gasteiger partial charge in [0.1, 0.15) is 6.61 Å². The highest BCUT2D eigenvalue weighted by molar-refractivity contribution is 4.73. The molecule has 0 saturated carbocycles. The minimum absolute atomic E-state index is 0.192. The second kappa shape index (κ2) is 4.81. The molecule has 0 spiro atoms. The fourth-order valence-corrected chi connectivity index (χ4v) is 1.42. The van der Waals surface area contributed by atoms with Crippen LogP contribution in [-0.2, 0) is 4.74 Å². The molecule has 1 unspecified atom stereocenters. The van der Waals surface area contributed by atoms with Crippen molar-refractivity contribution in [2.75, 3.05) is 19.8 Å². The Balaban J connectivity index is 1.94. The number of hydrogen-bond acceptors (Lipinski definition) is 2. The van der Waals surface area contributed by atoms with Crippen LogP contribution >= 0.6 is 0 Å². The quantitative estimate of drug-likeness (QED) is 0.693. The Morgan fingerprint density at radius 1 is 1.38 bits per heavy atom. The second-order valence-electron chi connectivity index (χ2n) is 3.25. The average molecular weight is 197 g/mol. The molecule has 78 valence electrons. The van der Waals surface area contributed by atoms with Crippen molar-refractivity contribution in [3.8, 4) is 0 Å². The molecule has 0 aromatic carbocycles. The average Bonchev–Trinajstić information content (AvgIpc) is 2.48. The van der Waals surface area contributed by atoms with Crippen molar-refractivity contribution in [2.24, 2.45) is 0 Å². The smallest absolute Gasteiger partial charge is 0.372 e. The molecule has 0 aromatic heterocycles. The maximum Gasteiger partial charge on any atom is 0.411 e. The summed E-state index contributed by atoms with van der Waals surface area (Å²) in [7, 11) is 0. The first-order chi connectivity index (χ1) is 6.08. The normalized spacial score (nSPS) is 23.8. The molecule has 1 saturated heterocycles. The summed E-state index contributed by atoms with van der Waals surface area (Å²) in [6.45, 7) is 0.0425. The Labute approximate surface area is 75.4 Å². The van der Waals surface area contributed by atoms with E-state index in [0.29, 0.717) is 12.5 Å². The number of alkyl halides is 3. The van der Waals surface area contributed by atoms with Gasteiger partial charge in [0.15, 0.2) is 0 Å². The van der Waals surface area contributed by atoms with Crippen LogP contribution in [0.3, 0.4) is 0 Å². The van der Waals surface area contributed by atoms with E-state index < -0.39 is 12.8 Å². The van der Waals surface area contributed by atoms with Crippen LogP contribution in [0.1, 0.15) is 19.3 Å². The Morgan fingerprint density at radius 2 is 2.15 bits per heavy atom. The van der Waals surface area contributed by atoms with E-state index in [4.69, 9.17) is 0 Å². The fraction of sp³-hybridized carbons (Fsp3) is 1.00. The number of nitrogens with one attached hydrogen (secondary N) is 1. The molecule has 0 aromatic rings. The highest BCUT2D eigenvalue weighted by Crippen LogP contribution is 2.15. The molecule has 1 rings (SSSR count). The molecule has 1 heterocycles. The van der Waals surface area contributed by atoms with Crippen molar-refractivity contribution in [1.29, 1.82) is 0 Å². The van der Waals surface area contributed by atoms with Gasteiger partial charge in [0.25, 0.3) is 0 Å². The molecular weight excluding hydrogens is 183 g/mol. The lowest BCUT2D eigenvalue weighted by molar-refractivity contribution is -0.174. The summed E-state index contributed by atoms with van der Waals surface area (Å²) in [6, 6.07) is 0.355. The first kappa shape index (κ1) is 10.8. The zero-order valence-electron chi connectivity index (χ0n) is 7.36. The summed E-state index contributed by atoms with van der Waals surface area (Å²) in [5, 5.41) is 3.19. The summed E-state index contributed by atoms with van der Waals surface area (Å²) < 4.78 is 39.3. The zero-order chi connectivity index (χ0) is 9.73. The van der Waals surface area contributed by atoms with Crippen LogP contribution < -0.4 is 5.32 Å². The molecule has 1 aliphatic rings. The third kappa shape index (κ3) is 5.10. The largest absolute Gasteiger partial charge is 0.411 e. The summed E-state index contributed by atoms with van der Waals surface area (Å²) >= 11 is 0. The van der Waals surface area contributed by atoms with Gasteiger partial charge >= 0.3 is 6.18 Å². The predicted octanol–water partition coefficient (Wildman–Crippen LogP) is 1.71. The molecule has 2 nitrogen and oxygen atoms in total. The van der Waals surface area contributed by atoms with Gasteiger partial charge in [0.2, 0.25) is 0 Å². The summed E-state index contributed by atoms with van der Waals surface area (Å²) in [5.74, 6) is 0. The summed E-state index contributed by atoms with van der Waals surface area (Å²) in [5.41, 5.74) is 0. The molecule has 0 bridgehead atoms. The monoisotopic (exact) mass is 197 g/mol. The summed E-state index contributed by atoms with van der Waals surface area (Å²) in [4.78, 5) is 0. The highest BCUT2D eigenvalue weighted by atomic mass is 19.4. The van der Waals surface area contributed by atoms with Gasteiger partial charge in [-0.3, -0.25) is 0 Å². The van der Waals surface area contributed by atoms with Crippen LogP contribution in [0.15, 0.2) is 0 Å². The lowest BCUT2D eigenvalue weighted by Gasteiger charge is -2.11. The van der Waals surface area contributed by atoms with Gasteiger partial charge in [-0.05, 0) is 25.8 Å². The Morgan fingerprint density at radius 3 is 2.69 bits per heavy atom. The Bertz CT molecular complexity index is 143. The van der Waals surface area contributed by atoms with Crippen LogP contribution in [0.4, 0.5) is 13.2 Å². The molecule has 1 N–H and O–H groups in total. The fourth-order valence-electron chi connectivity index (χ4n) is 1.42. The van der Waals surface area contributed by atoms with Crippen LogP contribution in [-0.4, -0.2) is 32.0 Å². The standard InChI is InChI=1S/C8H14F3NO/c9-8(10,11)6-13-5-3-7-2-1-4-12-7/h7,12H,1-6H2. The van der Waals surface area contributed by atoms with Crippen molar-refractivity contribution in [3.05, 3.63) is 0 Å². The zero-order valence-corrected chi connectivity index (χ0v) is 7.36. The molecular formula is C8H14F3NO. The van der Waals surface area contributed by atoms with Crippen LogP contribution in [0.25, 0.3) is 0 Å². The Hall–Kier alpha value is -0.290.